The standard InChI is InChI=1S/C12H11Cl2N2S/c1-16(6-10-7-17-8-15-10)5-9-2-3-11(13)12(14)4-9/h2-4,7H,5-6H2,1H3. The second-order valence-electron chi connectivity index (χ2n) is 3.85. The summed E-state index contributed by atoms with van der Waals surface area (Å²) >= 11 is 13.3. The lowest BCUT2D eigenvalue weighted by molar-refractivity contribution is 0.316. The Morgan fingerprint density at radius 1 is 1.29 bits per heavy atom. The molecule has 1 radical (unpaired) electrons. The number of benzene rings is 1. The van der Waals surface area contributed by atoms with Crippen LogP contribution in [0.1, 0.15) is 11.3 Å². The van der Waals surface area contributed by atoms with Crippen LogP contribution in [0.3, 0.4) is 0 Å². The fourth-order valence-corrected chi connectivity index (χ4v) is 2.37. The summed E-state index contributed by atoms with van der Waals surface area (Å²) in [5.41, 5.74) is 5.02. The maximum Gasteiger partial charge on any atom is 0.152 e. The van der Waals surface area contributed by atoms with Gasteiger partial charge < -0.3 is 0 Å². The molecule has 0 spiro atoms. The molecule has 2 rings (SSSR count). The molecule has 1 aromatic carbocycles. The first-order chi connectivity index (χ1) is 8.15. The van der Waals surface area contributed by atoms with Gasteiger partial charge in [-0.3, -0.25) is 4.90 Å². The predicted molar refractivity (Wildman–Crippen MR) is 72.6 cm³/mol. The van der Waals surface area contributed by atoms with Crippen LogP contribution in [0, 0.1) is 5.51 Å². The predicted octanol–water partition coefficient (Wildman–Crippen LogP) is 3.88. The highest BCUT2D eigenvalue weighted by molar-refractivity contribution is 7.07. The van der Waals surface area contributed by atoms with E-state index in [4.69, 9.17) is 23.2 Å². The Labute approximate surface area is 115 Å². The molecule has 0 amide bonds. The first-order valence-corrected chi connectivity index (χ1v) is 6.71. The van der Waals surface area contributed by atoms with E-state index in [1.54, 1.807) is 0 Å². The molecule has 0 unspecified atom stereocenters. The first kappa shape index (κ1) is 12.8. The van der Waals surface area contributed by atoms with Crippen LogP contribution < -0.4 is 0 Å². The van der Waals surface area contributed by atoms with Crippen molar-refractivity contribution in [3.8, 4) is 0 Å². The van der Waals surface area contributed by atoms with E-state index in [1.807, 2.05) is 30.6 Å². The van der Waals surface area contributed by atoms with Crippen molar-refractivity contribution in [1.29, 1.82) is 0 Å². The number of rotatable bonds is 4. The van der Waals surface area contributed by atoms with Crippen LogP contribution in [-0.2, 0) is 13.1 Å². The SMILES string of the molecule is CN(Cc1ccc(Cl)c(Cl)c1)Cc1cs[c]n1. The van der Waals surface area contributed by atoms with E-state index in [9.17, 15) is 0 Å². The first-order valence-electron chi connectivity index (χ1n) is 5.08. The van der Waals surface area contributed by atoms with Gasteiger partial charge in [-0.05, 0) is 24.7 Å². The number of thiazole rings is 1. The smallest absolute Gasteiger partial charge is 0.152 e. The summed E-state index contributed by atoms with van der Waals surface area (Å²) in [4.78, 5) is 6.30. The Balaban J connectivity index is 1.98. The summed E-state index contributed by atoms with van der Waals surface area (Å²) in [5.74, 6) is 0. The molecule has 0 saturated carbocycles. The lowest BCUT2D eigenvalue weighted by atomic mass is 10.2. The van der Waals surface area contributed by atoms with Gasteiger partial charge in [-0.15, -0.1) is 11.3 Å². The molecule has 1 heterocycles. The van der Waals surface area contributed by atoms with Gasteiger partial charge in [0.1, 0.15) is 0 Å². The van der Waals surface area contributed by atoms with Crippen molar-refractivity contribution in [3.63, 3.8) is 0 Å². The minimum absolute atomic E-state index is 0.590. The molecule has 0 bridgehead atoms. The number of nitrogens with zero attached hydrogens (tertiary/aromatic N) is 2. The molecule has 2 nitrogen and oxygen atoms in total. The zero-order valence-electron chi connectivity index (χ0n) is 9.28. The van der Waals surface area contributed by atoms with Crippen molar-refractivity contribution < 1.29 is 0 Å². The molecule has 1 aromatic heterocycles. The monoisotopic (exact) mass is 285 g/mol. The van der Waals surface area contributed by atoms with Crippen molar-refractivity contribution in [1.82, 2.24) is 9.88 Å². The Bertz CT molecular complexity index is 485. The molecule has 2 aromatic rings. The van der Waals surface area contributed by atoms with Gasteiger partial charge in [0.25, 0.3) is 0 Å². The van der Waals surface area contributed by atoms with Crippen LogP contribution in [-0.4, -0.2) is 16.9 Å². The largest absolute Gasteiger partial charge is 0.296 e. The van der Waals surface area contributed by atoms with E-state index < -0.39 is 0 Å². The van der Waals surface area contributed by atoms with Gasteiger partial charge in [0.05, 0.1) is 15.7 Å². The van der Waals surface area contributed by atoms with Crippen LogP contribution in [0.25, 0.3) is 0 Å². The van der Waals surface area contributed by atoms with Gasteiger partial charge in [0.15, 0.2) is 5.51 Å². The highest BCUT2D eigenvalue weighted by atomic mass is 35.5. The van der Waals surface area contributed by atoms with E-state index >= 15 is 0 Å². The molecular formula is C12H11Cl2N2S. The lowest BCUT2D eigenvalue weighted by Crippen LogP contribution is -2.17. The second kappa shape index (κ2) is 5.83. The Hall–Kier alpha value is -0.610. The highest BCUT2D eigenvalue weighted by Crippen LogP contribution is 2.23. The van der Waals surface area contributed by atoms with Crippen molar-refractivity contribution in [2.75, 3.05) is 7.05 Å². The minimum atomic E-state index is 0.590. The zero-order valence-corrected chi connectivity index (χ0v) is 11.6. The zero-order chi connectivity index (χ0) is 12.3. The quantitative estimate of drug-likeness (QED) is 0.848. The minimum Gasteiger partial charge on any atom is -0.296 e. The highest BCUT2D eigenvalue weighted by Gasteiger charge is 2.05. The number of aromatic nitrogens is 1. The molecule has 0 saturated heterocycles. The fraction of sp³-hybridized carbons (Fsp3) is 0.250. The summed E-state index contributed by atoms with van der Waals surface area (Å²) < 4.78 is 0. The number of hydrogen-bond donors (Lipinski definition) is 0. The summed E-state index contributed by atoms with van der Waals surface area (Å²) in [6, 6.07) is 5.70. The molecular weight excluding hydrogens is 275 g/mol. The molecule has 17 heavy (non-hydrogen) atoms. The van der Waals surface area contributed by atoms with Crippen LogP contribution in [0.5, 0.6) is 0 Å². The van der Waals surface area contributed by atoms with Crippen molar-refractivity contribution in [3.05, 3.63) is 50.4 Å². The Kier molecular flexibility index (Phi) is 4.40. The third kappa shape index (κ3) is 3.68. The van der Waals surface area contributed by atoms with E-state index in [0.29, 0.717) is 10.0 Å². The fourth-order valence-electron chi connectivity index (χ4n) is 1.56. The van der Waals surface area contributed by atoms with E-state index in [0.717, 1.165) is 24.3 Å². The Morgan fingerprint density at radius 3 is 2.76 bits per heavy atom. The third-order valence-electron chi connectivity index (χ3n) is 2.31. The van der Waals surface area contributed by atoms with Gasteiger partial charge in [-0.2, -0.15) is 0 Å². The van der Waals surface area contributed by atoms with Crippen LogP contribution in [0.2, 0.25) is 10.0 Å². The van der Waals surface area contributed by atoms with Crippen molar-refractivity contribution in [2.24, 2.45) is 0 Å². The topological polar surface area (TPSA) is 16.1 Å². The van der Waals surface area contributed by atoms with Crippen LogP contribution in [0.15, 0.2) is 23.6 Å². The van der Waals surface area contributed by atoms with Gasteiger partial charge in [-0.1, -0.05) is 29.3 Å². The average molecular weight is 286 g/mol. The maximum absolute atomic E-state index is 5.97. The van der Waals surface area contributed by atoms with Crippen LogP contribution >= 0.6 is 34.5 Å². The summed E-state index contributed by atoms with van der Waals surface area (Å²) in [5, 5.41) is 3.19. The van der Waals surface area contributed by atoms with Crippen molar-refractivity contribution in [2.45, 2.75) is 13.1 Å². The number of halogens is 2. The molecule has 0 atom stereocenters. The van der Waals surface area contributed by atoms with Gasteiger partial charge >= 0.3 is 0 Å². The van der Waals surface area contributed by atoms with E-state index in [1.165, 1.54) is 11.3 Å². The molecule has 89 valence electrons. The van der Waals surface area contributed by atoms with E-state index in [-0.39, 0.29) is 0 Å². The molecule has 0 fully saturated rings. The molecule has 5 heteroatoms. The summed E-state index contributed by atoms with van der Waals surface area (Å²) in [6.07, 6.45) is 0. The van der Waals surface area contributed by atoms with Crippen molar-refractivity contribution >= 4 is 34.5 Å². The second-order valence-corrected chi connectivity index (χ2v) is 5.32. The molecule has 0 N–H and O–H groups in total. The van der Waals surface area contributed by atoms with Gasteiger partial charge in [0, 0.05) is 18.5 Å². The molecule has 0 aliphatic rings. The summed E-state index contributed by atoms with van der Waals surface area (Å²) in [6.45, 7) is 1.62. The van der Waals surface area contributed by atoms with E-state index in [2.05, 4.69) is 15.4 Å². The van der Waals surface area contributed by atoms with Gasteiger partial charge in [0.2, 0.25) is 0 Å². The Morgan fingerprint density at radius 2 is 2.12 bits per heavy atom. The third-order valence-corrected chi connectivity index (χ3v) is 3.63. The van der Waals surface area contributed by atoms with Crippen LogP contribution in [0.4, 0.5) is 0 Å². The maximum atomic E-state index is 5.97. The van der Waals surface area contributed by atoms with Gasteiger partial charge in [-0.25, -0.2) is 4.98 Å². The molecule has 0 aliphatic heterocycles. The normalized spacial score (nSPS) is 11.1. The average Bonchev–Trinajstić information content (AvgIpc) is 2.76. The summed E-state index contributed by atoms with van der Waals surface area (Å²) in [7, 11) is 2.04. The number of hydrogen-bond acceptors (Lipinski definition) is 3. The molecule has 0 aliphatic carbocycles. The lowest BCUT2D eigenvalue weighted by Gasteiger charge is -2.15.